The number of ether oxygens (including phenoxy) is 1. The Morgan fingerprint density at radius 1 is 1.19 bits per heavy atom. The second-order valence-corrected chi connectivity index (χ2v) is 3.48. The van der Waals surface area contributed by atoms with Crippen molar-refractivity contribution in [2.45, 2.75) is 6.04 Å². The Kier molecular flexibility index (Phi) is 4.23. The first kappa shape index (κ1) is 12.9. The molecule has 1 atom stereocenters. The minimum Gasteiger partial charge on any atom is -0.508 e. The quantitative estimate of drug-likeness (QED) is 0.593. The summed E-state index contributed by atoms with van der Waals surface area (Å²) in [5.41, 5.74) is 0.368. The molecule has 5 nitrogen and oxygen atoms in total. The first-order valence-corrected chi connectivity index (χ1v) is 4.74. The van der Waals surface area contributed by atoms with Crippen LogP contribution >= 0.6 is 12.4 Å². The zero-order valence-electron chi connectivity index (χ0n) is 8.51. The molecule has 0 saturated carbocycles. The van der Waals surface area contributed by atoms with Crippen molar-refractivity contribution in [2.24, 2.45) is 0 Å². The van der Waals surface area contributed by atoms with E-state index in [1.807, 2.05) is 0 Å². The summed E-state index contributed by atoms with van der Waals surface area (Å²) >= 11 is 0. The molecule has 0 aromatic heterocycles. The lowest BCUT2D eigenvalue weighted by molar-refractivity contribution is 0.0752. The molecule has 1 aromatic carbocycles. The summed E-state index contributed by atoms with van der Waals surface area (Å²) in [6.45, 7) is 1.69. The van der Waals surface area contributed by atoms with Crippen molar-refractivity contribution >= 4 is 12.4 Å². The predicted octanol–water partition coefficient (Wildman–Crippen LogP) is 0.886. The van der Waals surface area contributed by atoms with Crippen LogP contribution in [0.1, 0.15) is 11.6 Å². The Hall–Kier alpha value is -1.17. The van der Waals surface area contributed by atoms with Crippen LogP contribution in [0.3, 0.4) is 0 Å². The first-order chi connectivity index (χ1) is 7.18. The Morgan fingerprint density at radius 2 is 1.81 bits per heavy atom. The largest absolute Gasteiger partial charge is 0.508 e. The Labute approximate surface area is 99.1 Å². The van der Waals surface area contributed by atoms with Gasteiger partial charge in [-0.3, -0.25) is 0 Å². The third-order valence-electron chi connectivity index (χ3n) is 2.39. The summed E-state index contributed by atoms with van der Waals surface area (Å²) in [5, 5.41) is 31.5. The molecule has 0 bridgehead atoms. The van der Waals surface area contributed by atoms with E-state index in [1.165, 1.54) is 12.1 Å². The van der Waals surface area contributed by atoms with Gasteiger partial charge in [-0.2, -0.15) is 0 Å². The van der Waals surface area contributed by atoms with Crippen LogP contribution in [0.4, 0.5) is 0 Å². The molecule has 1 saturated heterocycles. The maximum absolute atomic E-state index is 9.61. The maximum Gasteiger partial charge on any atom is 0.127 e. The van der Waals surface area contributed by atoms with Gasteiger partial charge in [-0.05, 0) is 0 Å². The van der Waals surface area contributed by atoms with Crippen LogP contribution in [-0.2, 0) is 4.74 Å². The third-order valence-corrected chi connectivity index (χ3v) is 2.39. The lowest BCUT2D eigenvalue weighted by Gasteiger charge is -2.25. The molecule has 2 rings (SSSR count). The van der Waals surface area contributed by atoms with Crippen LogP contribution < -0.4 is 5.32 Å². The van der Waals surface area contributed by atoms with Gasteiger partial charge in [-0.25, -0.2) is 0 Å². The predicted molar refractivity (Wildman–Crippen MR) is 60.2 cm³/mol. The highest BCUT2D eigenvalue weighted by Crippen LogP contribution is 2.36. The molecule has 6 heteroatoms. The fraction of sp³-hybridized carbons (Fsp3) is 0.400. The molecule has 90 valence electrons. The molecular weight excluding hydrogens is 234 g/mol. The van der Waals surface area contributed by atoms with Gasteiger partial charge in [0, 0.05) is 18.7 Å². The van der Waals surface area contributed by atoms with Crippen molar-refractivity contribution < 1.29 is 20.1 Å². The fourth-order valence-corrected chi connectivity index (χ4v) is 1.72. The molecule has 1 aromatic rings. The van der Waals surface area contributed by atoms with E-state index in [-0.39, 0.29) is 35.7 Å². The molecule has 0 spiro atoms. The van der Waals surface area contributed by atoms with Crippen molar-refractivity contribution in [1.82, 2.24) is 5.32 Å². The molecule has 0 aliphatic carbocycles. The van der Waals surface area contributed by atoms with Gasteiger partial charge in [0.05, 0.1) is 24.8 Å². The number of hydrogen-bond donors (Lipinski definition) is 4. The Morgan fingerprint density at radius 3 is 2.31 bits per heavy atom. The van der Waals surface area contributed by atoms with Crippen LogP contribution in [0.5, 0.6) is 17.2 Å². The lowest BCUT2D eigenvalue weighted by Crippen LogP contribution is -2.34. The van der Waals surface area contributed by atoms with E-state index in [2.05, 4.69) is 5.32 Å². The number of hydrogen-bond acceptors (Lipinski definition) is 5. The van der Waals surface area contributed by atoms with E-state index in [1.54, 1.807) is 0 Å². The Bertz CT molecular complexity index is 343. The van der Waals surface area contributed by atoms with E-state index in [9.17, 15) is 10.2 Å². The van der Waals surface area contributed by atoms with Gasteiger partial charge in [-0.15, -0.1) is 12.4 Å². The number of halogens is 1. The van der Waals surface area contributed by atoms with Gasteiger partial charge in [0.25, 0.3) is 0 Å². The molecule has 1 aliphatic heterocycles. The highest BCUT2D eigenvalue weighted by atomic mass is 35.5. The molecule has 4 N–H and O–H groups in total. The van der Waals surface area contributed by atoms with Crippen LogP contribution in [0.2, 0.25) is 0 Å². The SMILES string of the molecule is Cl.Oc1cc(O)c([C@@H]2COCCN2)c(O)c1. The summed E-state index contributed by atoms with van der Waals surface area (Å²) < 4.78 is 5.23. The fourth-order valence-electron chi connectivity index (χ4n) is 1.72. The number of rotatable bonds is 1. The van der Waals surface area contributed by atoms with Gasteiger partial charge in [0.1, 0.15) is 17.2 Å². The number of nitrogens with one attached hydrogen (secondary N) is 1. The molecule has 0 unspecified atom stereocenters. The topological polar surface area (TPSA) is 82.0 Å². The van der Waals surface area contributed by atoms with E-state index in [0.717, 1.165) is 0 Å². The van der Waals surface area contributed by atoms with Gasteiger partial charge < -0.3 is 25.4 Å². The number of phenols is 3. The zero-order valence-corrected chi connectivity index (χ0v) is 9.33. The van der Waals surface area contributed by atoms with Gasteiger partial charge >= 0.3 is 0 Å². The van der Waals surface area contributed by atoms with Crippen LogP contribution in [0.15, 0.2) is 12.1 Å². The molecule has 1 heterocycles. The average molecular weight is 248 g/mol. The van der Waals surface area contributed by atoms with Crippen LogP contribution in [0.25, 0.3) is 0 Å². The van der Waals surface area contributed by atoms with E-state index in [0.29, 0.717) is 25.3 Å². The number of aromatic hydroxyl groups is 3. The van der Waals surface area contributed by atoms with Gasteiger partial charge in [0.15, 0.2) is 0 Å². The summed E-state index contributed by atoms with van der Waals surface area (Å²) in [6.07, 6.45) is 0. The molecular formula is C10H14ClNO4. The normalized spacial score (nSPS) is 20.1. The molecule has 1 fully saturated rings. The monoisotopic (exact) mass is 247 g/mol. The minimum atomic E-state index is -0.237. The van der Waals surface area contributed by atoms with Crippen molar-refractivity contribution in [1.29, 1.82) is 0 Å². The van der Waals surface area contributed by atoms with Crippen LogP contribution in [0, 0.1) is 0 Å². The van der Waals surface area contributed by atoms with Crippen molar-refractivity contribution in [3.05, 3.63) is 17.7 Å². The molecule has 1 aliphatic rings. The van der Waals surface area contributed by atoms with Gasteiger partial charge in [-0.1, -0.05) is 0 Å². The third kappa shape index (κ3) is 2.49. The second-order valence-electron chi connectivity index (χ2n) is 3.48. The second kappa shape index (κ2) is 5.25. The molecule has 0 amide bonds. The van der Waals surface area contributed by atoms with E-state index >= 15 is 0 Å². The summed E-state index contributed by atoms with van der Waals surface area (Å²) in [7, 11) is 0. The summed E-state index contributed by atoms with van der Waals surface area (Å²) in [5.74, 6) is -0.420. The standard InChI is InChI=1S/C10H13NO4.ClH/c12-6-3-8(13)10(9(14)4-6)7-5-15-2-1-11-7;/h3-4,7,11-14H,1-2,5H2;1H/t7-;/m0./s1. The number of phenolic OH excluding ortho intramolecular Hbond substituents is 3. The molecule has 0 radical (unpaired) electrons. The summed E-state index contributed by atoms with van der Waals surface area (Å²) in [6, 6.07) is 2.16. The lowest BCUT2D eigenvalue weighted by atomic mass is 10.0. The zero-order chi connectivity index (χ0) is 10.8. The summed E-state index contributed by atoms with van der Waals surface area (Å²) in [4.78, 5) is 0. The van der Waals surface area contributed by atoms with Crippen molar-refractivity contribution in [2.75, 3.05) is 19.8 Å². The highest BCUT2D eigenvalue weighted by Gasteiger charge is 2.22. The van der Waals surface area contributed by atoms with E-state index in [4.69, 9.17) is 9.84 Å². The van der Waals surface area contributed by atoms with Gasteiger partial charge in [0.2, 0.25) is 0 Å². The smallest absolute Gasteiger partial charge is 0.127 e. The van der Waals surface area contributed by atoms with Crippen LogP contribution in [-0.4, -0.2) is 35.1 Å². The van der Waals surface area contributed by atoms with E-state index < -0.39 is 0 Å². The average Bonchev–Trinajstić information content (AvgIpc) is 2.17. The minimum absolute atomic E-state index is 0. The molecule has 16 heavy (non-hydrogen) atoms. The Balaban J connectivity index is 0.00000128. The number of benzene rings is 1. The number of morpholine rings is 1. The van der Waals surface area contributed by atoms with Crippen molar-refractivity contribution in [3.63, 3.8) is 0 Å². The maximum atomic E-state index is 9.61. The highest BCUT2D eigenvalue weighted by molar-refractivity contribution is 5.85. The van der Waals surface area contributed by atoms with Crippen molar-refractivity contribution in [3.8, 4) is 17.2 Å². The first-order valence-electron chi connectivity index (χ1n) is 4.74.